The molecule has 0 aromatic heterocycles. The molecule has 2 fully saturated rings. The highest BCUT2D eigenvalue weighted by Gasteiger charge is 2.51. The predicted octanol–water partition coefficient (Wildman–Crippen LogP) is 3.89. The van der Waals surface area contributed by atoms with Gasteiger partial charge in [-0.2, -0.15) is 0 Å². The lowest BCUT2D eigenvalue weighted by Crippen LogP contribution is -2.66. The van der Waals surface area contributed by atoms with Crippen LogP contribution in [0, 0.1) is 5.92 Å². The first kappa shape index (κ1) is 15.7. The van der Waals surface area contributed by atoms with Crippen molar-refractivity contribution in [3.63, 3.8) is 0 Å². The van der Waals surface area contributed by atoms with Crippen LogP contribution in [0.25, 0.3) is 0 Å². The largest absolute Gasteiger partial charge is 0.414 e. The van der Waals surface area contributed by atoms with E-state index < -0.39 is 15.4 Å². The molecule has 2 aliphatic rings. The monoisotopic (exact) mass is 299 g/mol. The van der Waals surface area contributed by atoms with Crippen molar-refractivity contribution in [1.29, 1.82) is 0 Å². The van der Waals surface area contributed by atoms with Crippen LogP contribution in [0.1, 0.15) is 33.1 Å². The van der Waals surface area contributed by atoms with Crippen LogP contribution in [0.2, 0.25) is 32.2 Å². The first-order valence-electron chi connectivity index (χ1n) is 8.06. The Balaban J connectivity index is 2.00. The average Bonchev–Trinajstić information content (AvgIpc) is 2.24. The van der Waals surface area contributed by atoms with E-state index in [-0.39, 0.29) is 5.60 Å². The van der Waals surface area contributed by atoms with Crippen LogP contribution >= 0.6 is 0 Å². The van der Waals surface area contributed by atoms with Crippen LogP contribution < -0.4 is 0 Å². The van der Waals surface area contributed by atoms with E-state index in [9.17, 15) is 0 Å². The summed E-state index contributed by atoms with van der Waals surface area (Å²) in [5.41, 5.74) is 0.134. The third kappa shape index (κ3) is 3.52. The van der Waals surface area contributed by atoms with Gasteiger partial charge in [-0.1, -0.05) is 26.1 Å². The van der Waals surface area contributed by atoms with Crippen molar-refractivity contribution in [2.75, 3.05) is 19.6 Å². The number of hydrogen-bond acceptors (Lipinski definition) is 2. The van der Waals surface area contributed by atoms with Crippen LogP contribution in [0.4, 0.5) is 0 Å². The lowest BCUT2D eigenvalue weighted by Gasteiger charge is -2.52. The summed E-state index contributed by atoms with van der Waals surface area (Å²) in [7, 11) is -2.53. The molecule has 0 N–H and O–H groups in total. The molecular formula is C15H33NOSi2. The molecule has 2 saturated heterocycles. The number of piperidine rings is 1. The number of nitrogens with zero attached hydrogens (tertiary/aromatic N) is 1. The first-order valence-corrected chi connectivity index (χ1v) is 15.2. The van der Waals surface area contributed by atoms with Crippen LogP contribution in [0.5, 0.6) is 0 Å². The Labute approximate surface area is 121 Å². The maximum absolute atomic E-state index is 6.77. The Bertz CT molecular complexity index is 332. The topological polar surface area (TPSA) is 12.5 Å². The second-order valence-corrected chi connectivity index (χ2v) is 23.6. The van der Waals surface area contributed by atoms with Crippen LogP contribution in [-0.4, -0.2) is 45.6 Å². The molecule has 0 aromatic carbocycles. The lowest BCUT2D eigenvalue weighted by molar-refractivity contribution is 0.0180. The molecule has 0 saturated carbocycles. The molecule has 2 unspecified atom stereocenters. The van der Waals surface area contributed by atoms with Gasteiger partial charge >= 0.3 is 0 Å². The Hall–Kier alpha value is 0.354. The smallest absolute Gasteiger partial charge is 0.174 e. The minimum atomic E-state index is -1.44. The van der Waals surface area contributed by atoms with Gasteiger partial charge in [0.05, 0.1) is 13.2 Å². The van der Waals surface area contributed by atoms with Gasteiger partial charge in [0, 0.05) is 13.1 Å². The fraction of sp³-hybridized carbons (Fsp3) is 1.00. The summed E-state index contributed by atoms with van der Waals surface area (Å²) >= 11 is 0. The lowest BCUT2D eigenvalue weighted by atomic mass is 9.97. The molecule has 2 rings (SSSR count). The summed E-state index contributed by atoms with van der Waals surface area (Å²) in [5.74, 6) is 0.872. The quantitative estimate of drug-likeness (QED) is 0.717. The van der Waals surface area contributed by atoms with E-state index >= 15 is 0 Å². The zero-order valence-corrected chi connectivity index (χ0v) is 15.9. The summed E-state index contributed by atoms with van der Waals surface area (Å²) in [6.45, 7) is 18.5. The van der Waals surface area contributed by atoms with Crippen molar-refractivity contribution in [3.8, 4) is 0 Å². The SMILES string of the molecule is CC1CCCN(CC2(C)CC[Si](C)(C)[Si](C)(C)O2)C1. The standard InChI is InChI=1S/C15H33NOSi2/c1-14-8-7-10-16(12-14)13-15(2)9-11-18(3,4)19(5,6)17-15/h14H,7-13H2,1-6H3. The van der Waals surface area contributed by atoms with Crippen molar-refractivity contribution in [2.24, 2.45) is 5.92 Å². The normalized spacial score (nSPS) is 39.2. The van der Waals surface area contributed by atoms with E-state index in [0.29, 0.717) is 0 Å². The number of rotatable bonds is 2. The Morgan fingerprint density at radius 2 is 1.95 bits per heavy atom. The molecule has 0 spiro atoms. The Kier molecular flexibility index (Phi) is 4.37. The van der Waals surface area contributed by atoms with Crippen molar-refractivity contribution < 1.29 is 4.43 Å². The van der Waals surface area contributed by atoms with Gasteiger partial charge in [0.2, 0.25) is 0 Å². The van der Waals surface area contributed by atoms with Gasteiger partial charge in [0.1, 0.15) is 0 Å². The average molecular weight is 300 g/mol. The molecule has 2 atom stereocenters. The molecule has 0 amide bonds. The van der Waals surface area contributed by atoms with E-state index in [2.05, 4.69) is 44.9 Å². The Morgan fingerprint density at radius 1 is 1.26 bits per heavy atom. The highest BCUT2D eigenvalue weighted by atomic mass is 29.3. The molecule has 2 nitrogen and oxygen atoms in total. The fourth-order valence-electron chi connectivity index (χ4n) is 3.70. The second kappa shape index (κ2) is 5.28. The number of likely N-dealkylation sites (tertiary alicyclic amines) is 1. The Morgan fingerprint density at radius 3 is 2.53 bits per heavy atom. The molecular weight excluding hydrogens is 266 g/mol. The molecule has 112 valence electrons. The predicted molar refractivity (Wildman–Crippen MR) is 88.7 cm³/mol. The van der Waals surface area contributed by atoms with Gasteiger partial charge in [-0.05, 0) is 51.7 Å². The summed E-state index contributed by atoms with van der Waals surface area (Å²) < 4.78 is 6.77. The van der Waals surface area contributed by atoms with E-state index in [1.165, 1.54) is 38.4 Å². The van der Waals surface area contributed by atoms with Gasteiger partial charge in [0.25, 0.3) is 0 Å². The minimum Gasteiger partial charge on any atom is -0.414 e. The van der Waals surface area contributed by atoms with Gasteiger partial charge in [-0.15, -0.1) is 0 Å². The van der Waals surface area contributed by atoms with Gasteiger partial charge in [-0.3, -0.25) is 0 Å². The van der Waals surface area contributed by atoms with Gasteiger partial charge < -0.3 is 9.33 Å². The highest BCUT2D eigenvalue weighted by Crippen LogP contribution is 2.39. The van der Waals surface area contributed by atoms with E-state index in [1.807, 2.05) is 0 Å². The van der Waals surface area contributed by atoms with Crippen molar-refractivity contribution in [3.05, 3.63) is 0 Å². The third-order valence-corrected chi connectivity index (χ3v) is 22.3. The molecule has 4 heteroatoms. The molecule has 0 radical (unpaired) electrons. The summed E-state index contributed by atoms with van der Waals surface area (Å²) in [5, 5.41) is 0. The first-order chi connectivity index (χ1) is 8.64. The summed E-state index contributed by atoms with van der Waals surface area (Å²) in [6, 6.07) is 1.46. The van der Waals surface area contributed by atoms with Crippen LogP contribution in [-0.2, 0) is 4.43 Å². The van der Waals surface area contributed by atoms with Crippen LogP contribution in [0.15, 0.2) is 0 Å². The molecule has 0 aromatic rings. The van der Waals surface area contributed by atoms with E-state index in [1.54, 1.807) is 0 Å². The number of hydrogen-bond donors (Lipinski definition) is 0. The van der Waals surface area contributed by atoms with Gasteiger partial charge in [-0.25, -0.2) is 0 Å². The zero-order valence-electron chi connectivity index (χ0n) is 13.9. The van der Waals surface area contributed by atoms with Crippen molar-refractivity contribution >= 4 is 15.4 Å². The molecule has 2 aliphatic heterocycles. The molecule has 19 heavy (non-hydrogen) atoms. The van der Waals surface area contributed by atoms with Crippen molar-refractivity contribution in [2.45, 2.75) is 70.9 Å². The highest BCUT2D eigenvalue weighted by molar-refractivity contribution is 7.38. The molecule has 2 heterocycles. The summed E-state index contributed by atoms with van der Waals surface area (Å²) in [4.78, 5) is 2.67. The minimum absolute atomic E-state index is 0.134. The zero-order chi connectivity index (χ0) is 14.3. The van der Waals surface area contributed by atoms with E-state index in [4.69, 9.17) is 4.43 Å². The second-order valence-electron chi connectivity index (χ2n) is 8.43. The molecule has 0 aliphatic carbocycles. The maximum Gasteiger partial charge on any atom is 0.174 e. The maximum atomic E-state index is 6.77. The summed E-state index contributed by atoms with van der Waals surface area (Å²) in [6.07, 6.45) is 4.07. The van der Waals surface area contributed by atoms with Gasteiger partial charge in [0.15, 0.2) is 7.83 Å². The van der Waals surface area contributed by atoms with E-state index in [0.717, 1.165) is 12.5 Å². The van der Waals surface area contributed by atoms with Crippen LogP contribution in [0.3, 0.4) is 0 Å². The fourth-order valence-corrected chi connectivity index (χ4v) is 10.9. The molecule has 0 bridgehead atoms. The third-order valence-electron chi connectivity index (χ3n) is 5.71. The van der Waals surface area contributed by atoms with Crippen molar-refractivity contribution in [1.82, 2.24) is 4.90 Å².